The van der Waals surface area contributed by atoms with E-state index in [2.05, 4.69) is 10.6 Å². The molecule has 0 bridgehead atoms. The van der Waals surface area contributed by atoms with Crippen LogP contribution in [0.3, 0.4) is 0 Å². The van der Waals surface area contributed by atoms with E-state index in [0.717, 1.165) is 11.1 Å². The normalized spacial score (nSPS) is 10.5. The molecule has 0 spiro atoms. The van der Waals surface area contributed by atoms with Crippen molar-refractivity contribution in [1.82, 2.24) is 5.32 Å². The number of hydrogen-bond donors (Lipinski definition) is 2. The zero-order valence-corrected chi connectivity index (χ0v) is 19.2. The van der Waals surface area contributed by atoms with Gasteiger partial charge in [-0.15, -0.1) is 0 Å². The number of hydrogen-bond acceptors (Lipinski definition) is 5. The summed E-state index contributed by atoms with van der Waals surface area (Å²) in [6.07, 6.45) is 2.37. The van der Waals surface area contributed by atoms with Crippen molar-refractivity contribution in [2.75, 3.05) is 11.9 Å². The van der Waals surface area contributed by atoms with Crippen molar-refractivity contribution >= 4 is 41.3 Å². The Morgan fingerprint density at radius 1 is 0.912 bits per heavy atom. The zero-order chi connectivity index (χ0) is 24.3. The largest absolute Gasteiger partial charge is 0.513 e. The Morgan fingerprint density at radius 2 is 1.59 bits per heavy atom. The summed E-state index contributed by atoms with van der Waals surface area (Å²) in [5.41, 5.74) is 2.77. The Morgan fingerprint density at radius 3 is 2.24 bits per heavy atom. The minimum atomic E-state index is -0.798. The molecule has 34 heavy (non-hydrogen) atoms. The smallest absolute Gasteiger partial charge is 0.434 e. The summed E-state index contributed by atoms with van der Waals surface area (Å²) in [7, 11) is 0. The quantitative estimate of drug-likeness (QED) is 0.255. The van der Waals surface area contributed by atoms with Gasteiger partial charge >= 0.3 is 6.16 Å². The van der Waals surface area contributed by atoms with Gasteiger partial charge in [0, 0.05) is 28.9 Å². The molecule has 174 valence electrons. The van der Waals surface area contributed by atoms with Crippen molar-refractivity contribution in [2.24, 2.45) is 0 Å². The number of anilines is 1. The number of carbonyl (C=O) groups excluding carboxylic acids is 3. The molecule has 3 aromatic carbocycles. The Kier molecular flexibility index (Phi) is 8.82. The first-order valence-electron chi connectivity index (χ1n) is 10.5. The predicted molar refractivity (Wildman–Crippen MR) is 131 cm³/mol. The van der Waals surface area contributed by atoms with Crippen LogP contribution in [0.25, 0.3) is 6.08 Å². The SMILES string of the molecule is CCOC(=O)Oc1ccc(C(=O)Nc2ccc(CNC(=O)/C=C/c3ccc(Cl)cc3)cc2)cc1. The van der Waals surface area contributed by atoms with Crippen LogP contribution in [0.2, 0.25) is 5.02 Å². The lowest BCUT2D eigenvalue weighted by atomic mass is 10.1. The Hall–Kier alpha value is -4.10. The fourth-order valence-corrected chi connectivity index (χ4v) is 2.95. The van der Waals surface area contributed by atoms with Crippen LogP contribution in [-0.2, 0) is 16.1 Å². The third-order valence-electron chi connectivity index (χ3n) is 4.56. The molecular weight excluding hydrogens is 456 g/mol. The Balaban J connectivity index is 1.47. The van der Waals surface area contributed by atoms with Crippen molar-refractivity contribution in [3.8, 4) is 5.75 Å². The molecule has 0 atom stereocenters. The van der Waals surface area contributed by atoms with Gasteiger partial charge in [0.15, 0.2) is 0 Å². The highest BCUT2D eigenvalue weighted by Gasteiger charge is 2.09. The van der Waals surface area contributed by atoms with Gasteiger partial charge in [0.2, 0.25) is 5.91 Å². The number of nitrogens with one attached hydrogen (secondary N) is 2. The molecule has 3 aromatic rings. The minimum absolute atomic E-state index is 0.214. The highest BCUT2D eigenvalue weighted by atomic mass is 35.5. The van der Waals surface area contributed by atoms with Crippen LogP contribution in [0.5, 0.6) is 5.75 Å². The predicted octanol–water partition coefficient (Wildman–Crippen LogP) is 5.46. The molecule has 0 radical (unpaired) electrons. The van der Waals surface area contributed by atoms with Gasteiger partial charge in [-0.25, -0.2) is 4.79 Å². The van der Waals surface area contributed by atoms with E-state index in [1.165, 1.54) is 18.2 Å². The standard InChI is InChI=1S/C26H23ClN2O5/c1-2-33-26(32)34-23-14-8-20(9-15-23)25(31)29-22-12-5-19(6-13-22)17-28-24(30)16-7-18-3-10-21(27)11-4-18/h3-16H,2,17H2,1H3,(H,28,30)(H,29,31)/b16-7+. The summed E-state index contributed by atoms with van der Waals surface area (Å²) in [5, 5.41) is 6.24. The monoisotopic (exact) mass is 478 g/mol. The lowest BCUT2D eigenvalue weighted by Gasteiger charge is -2.08. The number of carbonyl (C=O) groups is 3. The molecular formula is C26H23ClN2O5. The van der Waals surface area contributed by atoms with Crippen molar-refractivity contribution in [3.05, 3.63) is 101 Å². The Labute approximate surface area is 202 Å². The van der Waals surface area contributed by atoms with Crippen LogP contribution >= 0.6 is 11.6 Å². The molecule has 0 saturated carbocycles. The van der Waals surface area contributed by atoms with Gasteiger partial charge in [-0.3, -0.25) is 9.59 Å². The van der Waals surface area contributed by atoms with Crippen LogP contribution in [-0.4, -0.2) is 24.6 Å². The van der Waals surface area contributed by atoms with E-state index in [-0.39, 0.29) is 24.2 Å². The molecule has 0 aliphatic heterocycles. The molecule has 8 heteroatoms. The second-order valence-electron chi connectivity index (χ2n) is 7.06. The first-order chi connectivity index (χ1) is 16.4. The number of ether oxygens (including phenoxy) is 2. The molecule has 0 heterocycles. The lowest BCUT2D eigenvalue weighted by molar-refractivity contribution is -0.116. The Bertz CT molecular complexity index is 1160. The second-order valence-corrected chi connectivity index (χ2v) is 7.50. The van der Waals surface area contributed by atoms with Gasteiger partial charge in [-0.05, 0) is 72.7 Å². The van der Waals surface area contributed by atoms with Crippen molar-refractivity contribution in [1.29, 1.82) is 0 Å². The van der Waals surface area contributed by atoms with E-state index in [0.29, 0.717) is 22.8 Å². The molecule has 0 aromatic heterocycles. The fraction of sp³-hybridized carbons (Fsp3) is 0.115. The van der Waals surface area contributed by atoms with Crippen LogP contribution < -0.4 is 15.4 Å². The highest BCUT2D eigenvalue weighted by Crippen LogP contribution is 2.16. The van der Waals surface area contributed by atoms with Gasteiger partial charge in [0.25, 0.3) is 5.91 Å². The molecule has 3 rings (SSSR count). The average molecular weight is 479 g/mol. The van der Waals surface area contributed by atoms with E-state index in [9.17, 15) is 14.4 Å². The summed E-state index contributed by atoms with van der Waals surface area (Å²) >= 11 is 5.85. The van der Waals surface area contributed by atoms with Gasteiger partial charge in [0.1, 0.15) is 5.75 Å². The van der Waals surface area contributed by atoms with E-state index in [1.807, 2.05) is 24.3 Å². The lowest BCUT2D eigenvalue weighted by Crippen LogP contribution is -2.20. The third-order valence-corrected chi connectivity index (χ3v) is 4.81. The summed E-state index contributed by atoms with van der Waals surface area (Å²) < 4.78 is 9.68. The van der Waals surface area contributed by atoms with Gasteiger partial charge in [-0.1, -0.05) is 35.9 Å². The third kappa shape index (κ3) is 7.79. The topological polar surface area (TPSA) is 93.7 Å². The van der Waals surface area contributed by atoms with Crippen LogP contribution in [0, 0.1) is 0 Å². The maximum atomic E-state index is 12.4. The first kappa shape index (κ1) is 24.5. The first-order valence-corrected chi connectivity index (χ1v) is 10.9. The summed E-state index contributed by atoms with van der Waals surface area (Å²) in [5.74, 6) is -0.247. The molecule has 0 aliphatic rings. The maximum absolute atomic E-state index is 12.4. The van der Waals surface area contributed by atoms with Crippen molar-refractivity contribution in [2.45, 2.75) is 13.5 Å². The van der Waals surface area contributed by atoms with E-state index >= 15 is 0 Å². The number of benzene rings is 3. The van der Waals surface area contributed by atoms with Crippen molar-refractivity contribution in [3.63, 3.8) is 0 Å². The van der Waals surface area contributed by atoms with Crippen molar-refractivity contribution < 1.29 is 23.9 Å². The summed E-state index contributed by atoms with van der Waals surface area (Å²) in [6.45, 7) is 2.24. The molecule has 0 aliphatic carbocycles. The zero-order valence-electron chi connectivity index (χ0n) is 18.4. The molecule has 2 N–H and O–H groups in total. The number of amides is 2. The maximum Gasteiger partial charge on any atom is 0.513 e. The molecule has 2 amide bonds. The minimum Gasteiger partial charge on any atom is -0.434 e. The van der Waals surface area contributed by atoms with E-state index in [4.69, 9.17) is 21.1 Å². The van der Waals surface area contributed by atoms with Gasteiger partial charge in [0.05, 0.1) is 6.61 Å². The molecule has 7 nitrogen and oxygen atoms in total. The van der Waals surface area contributed by atoms with E-state index in [1.54, 1.807) is 49.4 Å². The number of halogens is 1. The van der Waals surface area contributed by atoms with E-state index < -0.39 is 6.16 Å². The summed E-state index contributed by atoms with van der Waals surface area (Å²) in [4.78, 5) is 35.8. The molecule has 0 fully saturated rings. The van der Waals surface area contributed by atoms with Crippen LogP contribution in [0.4, 0.5) is 10.5 Å². The average Bonchev–Trinajstić information content (AvgIpc) is 2.84. The molecule has 0 unspecified atom stereocenters. The van der Waals surface area contributed by atoms with Crippen LogP contribution in [0.1, 0.15) is 28.4 Å². The van der Waals surface area contributed by atoms with Crippen LogP contribution in [0.15, 0.2) is 78.9 Å². The summed E-state index contributed by atoms with van der Waals surface area (Å²) in [6, 6.07) is 20.4. The fourth-order valence-electron chi connectivity index (χ4n) is 2.82. The molecule has 0 saturated heterocycles. The second kappa shape index (κ2) is 12.2. The highest BCUT2D eigenvalue weighted by molar-refractivity contribution is 6.30. The van der Waals surface area contributed by atoms with Gasteiger partial charge < -0.3 is 20.1 Å². The number of rotatable bonds is 8. The van der Waals surface area contributed by atoms with Gasteiger partial charge in [-0.2, -0.15) is 0 Å².